The van der Waals surface area contributed by atoms with E-state index in [-0.39, 0.29) is 24.9 Å². The zero-order valence-corrected chi connectivity index (χ0v) is 18.8. The number of pyridine rings is 1. The number of nitrogens with one attached hydrogen (secondary N) is 3. The molecule has 2 rings (SSSR count). The van der Waals surface area contributed by atoms with Crippen LogP contribution >= 0.6 is 11.6 Å². The van der Waals surface area contributed by atoms with Crippen LogP contribution in [0.15, 0.2) is 61.0 Å². The lowest BCUT2D eigenvalue weighted by Crippen LogP contribution is -2.41. The van der Waals surface area contributed by atoms with Gasteiger partial charge >= 0.3 is 0 Å². The summed E-state index contributed by atoms with van der Waals surface area (Å²) in [5.74, 6) is -0.102. The summed E-state index contributed by atoms with van der Waals surface area (Å²) in [6.07, 6.45) is 12.1. The van der Waals surface area contributed by atoms with Crippen molar-refractivity contribution in [3.05, 3.63) is 71.7 Å². The van der Waals surface area contributed by atoms with E-state index in [1.165, 1.54) is 5.57 Å². The predicted molar refractivity (Wildman–Crippen MR) is 125 cm³/mol. The van der Waals surface area contributed by atoms with Gasteiger partial charge in [0.15, 0.2) is 0 Å². The molecule has 31 heavy (non-hydrogen) atoms. The highest BCUT2D eigenvalue weighted by molar-refractivity contribution is 6.29. The van der Waals surface area contributed by atoms with Gasteiger partial charge in [-0.2, -0.15) is 0 Å². The summed E-state index contributed by atoms with van der Waals surface area (Å²) in [6, 6.07) is 3.70. The Morgan fingerprint density at radius 3 is 2.77 bits per heavy atom. The Labute approximate surface area is 188 Å². The van der Waals surface area contributed by atoms with E-state index in [9.17, 15) is 9.59 Å². The first-order valence-electron chi connectivity index (χ1n) is 10.2. The maximum atomic E-state index is 12.0. The zero-order chi connectivity index (χ0) is 22.6. The van der Waals surface area contributed by atoms with Gasteiger partial charge in [-0.25, -0.2) is 4.98 Å². The van der Waals surface area contributed by atoms with Crippen molar-refractivity contribution >= 4 is 29.1 Å². The van der Waals surface area contributed by atoms with Crippen LogP contribution in [0.3, 0.4) is 0 Å². The molecule has 0 saturated heterocycles. The number of rotatable bonds is 12. The largest absolute Gasteiger partial charge is 0.350 e. The number of halogens is 1. The quantitative estimate of drug-likeness (QED) is 0.440. The molecule has 8 heteroatoms. The van der Waals surface area contributed by atoms with Crippen molar-refractivity contribution in [2.24, 2.45) is 5.92 Å². The Morgan fingerprint density at radius 1 is 1.26 bits per heavy atom. The van der Waals surface area contributed by atoms with Gasteiger partial charge in [0.25, 0.3) is 0 Å². The van der Waals surface area contributed by atoms with Crippen molar-refractivity contribution in [2.75, 3.05) is 19.6 Å². The molecule has 2 aromatic rings. The van der Waals surface area contributed by atoms with E-state index in [1.54, 1.807) is 16.7 Å². The Morgan fingerprint density at radius 2 is 2.03 bits per heavy atom. The Hall–Kier alpha value is -2.90. The third-order valence-corrected chi connectivity index (χ3v) is 4.92. The first-order valence-corrected chi connectivity index (χ1v) is 10.6. The molecule has 0 spiro atoms. The molecule has 7 nitrogen and oxygen atoms in total. The maximum Gasteiger partial charge on any atom is 0.239 e. The molecule has 0 aromatic carbocycles. The Bertz CT molecular complexity index is 964. The standard InChI is InChI=1S/C23H30ClN5O2/c1-4-6-7-18(5-2)10-17(3)11-25-14-22(30)28-15-23(31)27-12-19-8-9-21-26-13-20(24)29(21)16-19/h4-9,13,16-17,25H,1,10-12,14-15H2,2-3H3,(H,27,31)(H,28,30)/b7-6-,18-5+. The van der Waals surface area contributed by atoms with E-state index in [1.807, 2.05) is 37.4 Å². The molecule has 3 N–H and O–H groups in total. The van der Waals surface area contributed by atoms with Crippen molar-refractivity contribution in [2.45, 2.75) is 26.8 Å². The Balaban J connectivity index is 1.64. The molecule has 0 fully saturated rings. The zero-order valence-electron chi connectivity index (χ0n) is 18.0. The topological polar surface area (TPSA) is 87.5 Å². The number of hydrogen-bond acceptors (Lipinski definition) is 4. The highest BCUT2D eigenvalue weighted by Gasteiger charge is 2.08. The summed E-state index contributed by atoms with van der Waals surface area (Å²) in [5, 5.41) is 9.04. The van der Waals surface area contributed by atoms with E-state index in [4.69, 9.17) is 11.6 Å². The van der Waals surface area contributed by atoms with Gasteiger partial charge in [0, 0.05) is 12.7 Å². The van der Waals surface area contributed by atoms with Crippen molar-refractivity contribution in [3.63, 3.8) is 0 Å². The van der Waals surface area contributed by atoms with E-state index < -0.39 is 0 Å². The molecule has 1 unspecified atom stereocenters. The molecule has 0 saturated carbocycles. The number of amides is 2. The minimum atomic E-state index is -0.259. The maximum absolute atomic E-state index is 12.0. The summed E-state index contributed by atoms with van der Waals surface area (Å²) >= 11 is 6.06. The van der Waals surface area contributed by atoms with Gasteiger partial charge in [0.1, 0.15) is 10.8 Å². The lowest BCUT2D eigenvalue weighted by atomic mass is 10.0. The monoisotopic (exact) mass is 443 g/mol. The van der Waals surface area contributed by atoms with Crippen LogP contribution in [-0.2, 0) is 16.1 Å². The van der Waals surface area contributed by atoms with Gasteiger partial charge in [-0.3, -0.25) is 14.0 Å². The minimum absolute atomic E-state index is 0.0702. The second-order valence-electron chi connectivity index (χ2n) is 7.30. The minimum Gasteiger partial charge on any atom is -0.350 e. The van der Waals surface area contributed by atoms with E-state index in [2.05, 4.69) is 40.5 Å². The molecular formula is C23H30ClN5O2. The summed E-state index contributed by atoms with van der Waals surface area (Å²) < 4.78 is 1.74. The number of fused-ring (bicyclic) bond motifs is 1. The van der Waals surface area contributed by atoms with Crippen LogP contribution in [-0.4, -0.2) is 40.8 Å². The smallest absolute Gasteiger partial charge is 0.239 e. The molecule has 0 bridgehead atoms. The number of nitrogens with zero attached hydrogens (tertiary/aromatic N) is 2. The average molecular weight is 444 g/mol. The predicted octanol–water partition coefficient (Wildman–Crippen LogP) is 3.02. The third-order valence-electron chi connectivity index (χ3n) is 4.64. The summed E-state index contributed by atoms with van der Waals surface area (Å²) in [5.41, 5.74) is 2.85. The fraction of sp³-hybridized carbons (Fsp3) is 0.348. The summed E-state index contributed by atoms with van der Waals surface area (Å²) in [7, 11) is 0. The normalized spacial score (nSPS) is 12.8. The number of imidazole rings is 1. The Kier molecular flexibility index (Phi) is 10.00. The van der Waals surface area contributed by atoms with Crippen molar-refractivity contribution in [3.8, 4) is 0 Å². The van der Waals surface area contributed by atoms with Crippen LogP contribution in [0, 0.1) is 5.92 Å². The number of carbonyl (C=O) groups excluding carboxylic acids is 2. The van der Waals surface area contributed by atoms with E-state index >= 15 is 0 Å². The average Bonchev–Trinajstić information content (AvgIpc) is 3.13. The van der Waals surface area contributed by atoms with Gasteiger partial charge in [0.2, 0.25) is 11.8 Å². The molecule has 2 amide bonds. The second kappa shape index (κ2) is 12.7. The molecular weight excluding hydrogens is 414 g/mol. The summed E-state index contributed by atoms with van der Waals surface area (Å²) in [4.78, 5) is 28.1. The van der Waals surface area contributed by atoms with Crippen LogP contribution < -0.4 is 16.0 Å². The SMILES string of the molecule is C=C/C=C\C(=C/C)CC(C)CNCC(=O)NCC(=O)NCc1ccc2ncc(Cl)n2c1. The van der Waals surface area contributed by atoms with Gasteiger partial charge < -0.3 is 16.0 Å². The number of aromatic nitrogens is 2. The molecule has 0 aliphatic rings. The van der Waals surface area contributed by atoms with Crippen molar-refractivity contribution < 1.29 is 9.59 Å². The van der Waals surface area contributed by atoms with Crippen LogP contribution in [0.25, 0.3) is 5.65 Å². The number of hydrogen-bond donors (Lipinski definition) is 3. The number of allylic oxidation sites excluding steroid dienone is 5. The molecule has 0 aliphatic carbocycles. The van der Waals surface area contributed by atoms with Crippen LogP contribution in [0.4, 0.5) is 0 Å². The summed E-state index contributed by atoms with van der Waals surface area (Å²) in [6.45, 7) is 8.95. The van der Waals surface area contributed by atoms with Crippen molar-refractivity contribution in [1.29, 1.82) is 0 Å². The first-order chi connectivity index (χ1) is 14.9. The van der Waals surface area contributed by atoms with Gasteiger partial charge in [0.05, 0.1) is 19.3 Å². The molecule has 166 valence electrons. The lowest BCUT2D eigenvalue weighted by Gasteiger charge is -2.13. The molecule has 0 aliphatic heterocycles. The van der Waals surface area contributed by atoms with E-state index in [0.717, 1.165) is 17.6 Å². The fourth-order valence-corrected chi connectivity index (χ4v) is 3.17. The second-order valence-corrected chi connectivity index (χ2v) is 7.69. The van der Waals surface area contributed by atoms with E-state index in [0.29, 0.717) is 24.2 Å². The number of carbonyl (C=O) groups is 2. The lowest BCUT2D eigenvalue weighted by molar-refractivity contribution is -0.125. The van der Waals surface area contributed by atoms with Crippen LogP contribution in [0.1, 0.15) is 25.8 Å². The molecule has 0 radical (unpaired) electrons. The van der Waals surface area contributed by atoms with Gasteiger partial charge in [-0.15, -0.1) is 0 Å². The van der Waals surface area contributed by atoms with Crippen molar-refractivity contribution in [1.82, 2.24) is 25.3 Å². The highest BCUT2D eigenvalue weighted by atomic mass is 35.5. The first kappa shape index (κ1) is 24.4. The molecule has 1 atom stereocenters. The third kappa shape index (κ3) is 8.39. The van der Waals surface area contributed by atoms with Gasteiger partial charge in [-0.1, -0.05) is 61.0 Å². The molecule has 2 aromatic heterocycles. The van der Waals surface area contributed by atoms with Crippen LogP contribution in [0.5, 0.6) is 0 Å². The molecule has 2 heterocycles. The van der Waals surface area contributed by atoms with Gasteiger partial charge in [-0.05, 0) is 37.4 Å². The highest BCUT2D eigenvalue weighted by Crippen LogP contribution is 2.13. The van der Waals surface area contributed by atoms with Crippen LogP contribution in [0.2, 0.25) is 5.15 Å². The fourth-order valence-electron chi connectivity index (χ4n) is 2.98.